The SMILES string of the molecule is O=Cc1ccccc1Oc1ncccn1. The minimum absolute atomic E-state index is 0.229. The van der Waals surface area contributed by atoms with Crippen molar-refractivity contribution >= 4 is 6.29 Å². The Morgan fingerprint density at radius 2 is 1.80 bits per heavy atom. The molecule has 0 aliphatic carbocycles. The van der Waals surface area contributed by atoms with Crippen LogP contribution in [0.3, 0.4) is 0 Å². The van der Waals surface area contributed by atoms with E-state index in [1.165, 1.54) is 0 Å². The third kappa shape index (κ3) is 2.17. The molecule has 1 heterocycles. The number of aromatic nitrogens is 2. The van der Waals surface area contributed by atoms with Crippen LogP contribution in [0.25, 0.3) is 0 Å². The first-order valence-corrected chi connectivity index (χ1v) is 4.39. The van der Waals surface area contributed by atoms with Gasteiger partial charge in [0.2, 0.25) is 0 Å². The standard InChI is InChI=1S/C11H8N2O2/c14-8-9-4-1-2-5-10(9)15-11-12-6-3-7-13-11/h1-8H. The fraction of sp³-hybridized carbons (Fsp3) is 0. The van der Waals surface area contributed by atoms with Gasteiger partial charge in [-0.15, -0.1) is 0 Å². The highest BCUT2D eigenvalue weighted by Crippen LogP contribution is 2.20. The molecular weight excluding hydrogens is 192 g/mol. The fourth-order valence-electron chi connectivity index (χ4n) is 1.11. The van der Waals surface area contributed by atoms with Crippen molar-refractivity contribution in [2.24, 2.45) is 0 Å². The summed E-state index contributed by atoms with van der Waals surface area (Å²) < 4.78 is 5.35. The first-order chi connectivity index (χ1) is 7.40. The highest BCUT2D eigenvalue weighted by atomic mass is 16.5. The summed E-state index contributed by atoms with van der Waals surface area (Å²) in [6.45, 7) is 0. The molecule has 0 radical (unpaired) electrons. The summed E-state index contributed by atoms with van der Waals surface area (Å²) in [5.41, 5.74) is 0.477. The Balaban J connectivity index is 2.28. The second-order valence-electron chi connectivity index (χ2n) is 2.79. The average Bonchev–Trinajstić information content (AvgIpc) is 2.31. The van der Waals surface area contributed by atoms with Gasteiger partial charge in [-0.05, 0) is 18.2 Å². The molecule has 4 heteroatoms. The zero-order valence-electron chi connectivity index (χ0n) is 7.83. The Hall–Kier alpha value is -2.23. The summed E-state index contributed by atoms with van der Waals surface area (Å²) in [6.07, 6.45) is 3.88. The highest BCUT2D eigenvalue weighted by Gasteiger charge is 2.03. The van der Waals surface area contributed by atoms with Gasteiger partial charge in [-0.25, -0.2) is 9.97 Å². The monoisotopic (exact) mass is 200 g/mol. The van der Waals surface area contributed by atoms with E-state index in [0.717, 1.165) is 6.29 Å². The number of nitrogens with zero attached hydrogens (tertiary/aromatic N) is 2. The van der Waals surface area contributed by atoms with Gasteiger partial charge in [0.15, 0.2) is 6.29 Å². The van der Waals surface area contributed by atoms with Crippen molar-refractivity contribution in [2.75, 3.05) is 0 Å². The minimum Gasteiger partial charge on any atom is -0.424 e. The Morgan fingerprint density at radius 3 is 2.53 bits per heavy atom. The maximum atomic E-state index is 10.7. The number of rotatable bonds is 3. The van der Waals surface area contributed by atoms with E-state index in [1.807, 2.05) is 0 Å². The van der Waals surface area contributed by atoms with Crippen LogP contribution in [0, 0.1) is 0 Å². The molecule has 0 fully saturated rings. The molecular formula is C11H8N2O2. The van der Waals surface area contributed by atoms with E-state index in [2.05, 4.69) is 9.97 Å². The zero-order valence-corrected chi connectivity index (χ0v) is 7.83. The summed E-state index contributed by atoms with van der Waals surface area (Å²) >= 11 is 0. The second-order valence-corrected chi connectivity index (χ2v) is 2.79. The molecule has 0 saturated carbocycles. The summed E-state index contributed by atoms with van der Waals surface area (Å²) in [5, 5.41) is 0. The molecule has 0 bridgehead atoms. The predicted molar refractivity (Wildman–Crippen MR) is 53.9 cm³/mol. The molecule has 0 unspecified atom stereocenters. The van der Waals surface area contributed by atoms with Gasteiger partial charge in [0.25, 0.3) is 0 Å². The van der Waals surface area contributed by atoms with Crippen molar-refractivity contribution in [1.29, 1.82) is 0 Å². The lowest BCUT2D eigenvalue weighted by atomic mass is 10.2. The van der Waals surface area contributed by atoms with Gasteiger partial charge in [-0.3, -0.25) is 4.79 Å². The van der Waals surface area contributed by atoms with Gasteiger partial charge in [0.05, 0.1) is 5.56 Å². The highest BCUT2D eigenvalue weighted by molar-refractivity contribution is 5.79. The van der Waals surface area contributed by atoms with Gasteiger partial charge in [0.1, 0.15) is 5.75 Å². The topological polar surface area (TPSA) is 52.1 Å². The number of carbonyl (C=O) groups is 1. The molecule has 74 valence electrons. The molecule has 0 aliphatic rings. The van der Waals surface area contributed by atoms with E-state index < -0.39 is 0 Å². The van der Waals surface area contributed by atoms with Crippen LogP contribution in [0.4, 0.5) is 0 Å². The first-order valence-electron chi connectivity index (χ1n) is 4.39. The normalized spacial score (nSPS) is 9.60. The Kier molecular flexibility index (Phi) is 2.69. The minimum atomic E-state index is 0.229. The summed E-state index contributed by atoms with van der Waals surface area (Å²) in [6, 6.07) is 8.84. The van der Waals surface area contributed by atoms with Crippen molar-refractivity contribution in [3.8, 4) is 11.8 Å². The lowest BCUT2D eigenvalue weighted by Gasteiger charge is -2.04. The number of carbonyl (C=O) groups excluding carboxylic acids is 1. The van der Waals surface area contributed by atoms with Crippen LogP contribution in [0.1, 0.15) is 10.4 Å². The first kappa shape index (κ1) is 9.33. The Morgan fingerprint density at radius 1 is 1.07 bits per heavy atom. The van der Waals surface area contributed by atoms with Crippen molar-refractivity contribution in [3.63, 3.8) is 0 Å². The average molecular weight is 200 g/mol. The van der Waals surface area contributed by atoms with Crippen LogP contribution < -0.4 is 4.74 Å². The fourth-order valence-corrected chi connectivity index (χ4v) is 1.11. The van der Waals surface area contributed by atoms with E-state index in [9.17, 15) is 4.79 Å². The molecule has 1 aromatic heterocycles. The van der Waals surface area contributed by atoms with E-state index in [0.29, 0.717) is 11.3 Å². The van der Waals surface area contributed by atoms with Crippen molar-refractivity contribution in [2.45, 2.75) is 0 Å². The molecule has 15 heavy (non-hydrogen) atoms. The van der Waals surface area contributed by atoms with E-state index in [-0.39, 0.29) is 6.01 Å². The number of benzene rings is 1. The quantitative estimate of drug-likeness (QED) is 0.712. The lowest BCUT2D eigenvalue weighted by molar-refractivity contribution is 0.112. The van der Waals surface area contributed by atoms with E-state index in [4.69, 9.17) is 4.74 Å². The molecule has 0 spiro atoms. The Labute approximate surface area is 86.6 Å². The van der Waals surface area contributed by atoms with E-state index >= 15 is 0 Å². The molecule has 4 nitrogen and oxygen atoms in total. The molecule has 2 rings (SSSR count). The number of aldehydes is 1. The number of hydrogen-bond acceptors (Lipinski definition) is 4. The second kappa shape index (κ2) is 4.32. The van der Waals surface area contributed by atoms with Crippen molar-refractivity contribution in [1.82, 2.24) is 9.97 Å². The molecule has 2 aromatic rings. The van der Waals surface area contributed by atoms with E-state index in [1.54, 1.807) is 42.7 Å². The summed E-state index contributed by atoms with van der Waals surface area (Å²) in [7, 11) is 0. The van der Waals surface area contributed by atoms with Gasteiger partial charge < -0.3 is 4.74 Å². The molecule has 0 aliphatic heterocycles. The lowest BCUT2D eigenvalue weighted by Crippen LogP contribution is -1.93. The predicted octanol–water partition coefficient (Wildman–Crippen LogP) is 2.08. The summed E-state index contributed by atoms with van der Waals surface area (Å²) in [5.74, 6) is 0.457. The van der Waals surface area contributed by atoms with Gasteiger partial charge in [-0.1, -0.05) is 12.1 Å². The maximum absolute atomic E-state index is 10.7. The van der Waals surface area contributed by atoms with Gasteiger partial charge in [-0.2, -0.15) is 0 Å². The van der Waals surface area contributed by atoms with Crippen LogP contribution >= 0.6 is 0 Å². The van der Waals surface area contributed by atoms with Crippen LogP contribution in [0.5, 0.6) is 11.8 Å². The third-order valence-electron chi connectivity index (χ3n) is 1.79. The number of ether oxygens (including phenoxy) is 1. The zero-order chi connectivity index (χ0) is 10.5. The molecule has 1 aromatic carbocycles. The largest absolute Gasteiger partial charge is 0.424 e. The third-order valence-corrected chi connectivity index (χ3v) is 1.79. The molecule has 0 atom stereocenters. The molecule has 0 amide bonds. The van der Waals surface area contributed by atoms with Crippen LogP contribution in [-0.4, -0.2) is 16.3 Å². The Bertz CT molecular complexity index is 457. The van der Waals surface area contributed by atoms with Crippen LogP contribution in [-0.2, 0) is 0 Å². The van der Waals surface area contributed by atoms with Gasteiger partial charge >= 0.3 is 6.01 Å². The van der Waals surface area contributed by atoms with Crippen LogP contribution in [0.2, 0.25) is 0 Å². The van der Waals surface area contributed by atoms with Crippen molar-refractivity contribution < 1.29 is 9.53 Å². The van der Waals surface area contributed by atoms with Crippen molar-refractivity contribution in [3.05, 3.63) is 48.3 Å². The maximum Gasteiger partial charge on any atom is 0.321 e. The van der Waals surface area contributed by atoms with Gasteiger partial charge in [0, 0.05) is 12.4 Å². The van der Waals surface area contributed by atoms with Crippen LogP contribution in [0.15, 0.2) is 42.7 Å². The molecule has 0 N–H and O–H groups in total. The number of para-hydroxylation sites is 1. The summed E-state index contributed by atoms with van der Waals surface area (Å²) in [4.78, 5) is 18.5. The molecule has 0 saturated heterocycles. The smallest absolute Gasteiger partial charge is 0.321 e. The number of hydrogen-bond donors (Lipinski definition) is 0.